The Balaban J connectivity index is -0.00000000852. The minimum absolute atomic E-state index is 0. The molecule has 16 heteroatoms. The number of rotatable bonds is 1. The second-order valence-corrected chi connectivity index (χ2v) is 2.65. The number of carboxylic acids is 4. The van der Waals surface area contributed by atoms with Crippen LogP contribution in [0, 0.1) is 0 Å². The molecule has 16 N–H and O–H groups in total. The van der Waals surface area contributed by atoms with E-state index in [9.17, 15) is 0 Å². The van der Waals surface area contributed by atoms with E-state index in [1.54, 1.807) is 0 Å². The first-order valence-corrected chi connectivity index (χ1v) is 5.03. The van der Waals surface area contributed by atoms with Gasteiger partial charge in [0.1, 0.15) is 0 Å². The van der Waals surface area contributed by atoms with Crippen LogP contribution in [0.25, 0.3) is 0 Å². The van der Waals surface area contributed by atoms with Crippen LogP contribution in [0.1, 0.15) is 30.5 Å². The molecule has 0 spiro atoms. The fraction of sp³-hybridized carbons (Fsp3) is 0.600. The number of carboxylic acid groups (broad SMARTS) is 4. The summed E-state index contributed by atoms with van der Waals surface area (Å²) >= 11 is 0. The fourth-order valence-corrected chi connectivity index (χ4v) is 0. The third-order valence-corrected chi connectivity index (χ3v) is 0.167. The minimum Gasteiger partial charge on any atom is -1.00 e. The van der Waals surface area contributed by atoms with Crippen LogP contribution in [0.2, 0.25) is 0 Å². The molecule has 0 atom stereocenters. The molecule has 0 aliphatic heterocycles. The molecular weight excluding hydrogens is 386 g/mol. The monoisotopic (exact) mass is 420 g/mol. The molecule has 0 aromatic heterocycles. The Morgan fingerprint density at radius 3 is 0.615 bits per heavy atom. The van der Waals surface area contributed by atoms with Crippen molar-refractivity contribution in [1.82, 2.24) is 0 Å². The van der Waals surface area contributed by atoms with Gasteiger partial charge in [-0.25, -0.2) is 0 Å². The van der Waals surface area contributed by atoms with Crippen LogP contribution < -0.4 is 70.6 Å². The van der Waals surface area contributed by atoms with Crippen LogP contribution in [0.3, 0.4) is 0 Å². The molecule has 0 saturated heterocycles. The summed E-state index contributed by atoms with van der Waals surface area (Å²) < 4.78 is 0. The number of carbonyl (C=O) groups is 4. The zero-order chi connectivity index (χ0) is 17.7. The van der Waals surface area contributed by atoms with Gasteiger partial charge >= 0.3 is 59.1 Å². The Labute approximate surface area is 198 Å². The molecule has 0 fully saturated rings. The van der Waals surface area contributed by atoms with Crippen molar-refractivity contribution >= 4 is 23.9 Å². The van der Waals surface area contributed by atoms with Crippen molar-refractivity contribution in [3.8, 4) is 0 Å². The van der Waals surface area contributed by atoms with Gasteiger partial charge < -0.3 is 56.7 Å². The SMILES string of the molecule is CC(=O)O.CC(=O)O.CC(=O)O.CC(=O)O.NCCN.O.O.O.O.[H-].[H-].[Na+].[Na+]. The van der Waals surface area contributed by atoms with Crippen molar-refractivity contribution in [1.29, 1.82) is 0 Å². The Bertz CT molecular complexity index is 215. The smallest absolute Gasteiger partial charge is 1.00 e. The third kappa shape index (κ3) is 29600. The summed E-state index contributed by atoms with van der Waals surface area (Å²) in [6, 6.07) is 0. The topological polar surface area (TPSA) is 327 Å². The first-order chi connectivity index (χ1) is 8.84. The van der Waals surface area contributed by atoms with E-state index in [1.807, 2.05) is 0 Å². The molecule has 0 bridgehead atoms. The van der Waals surface area contributed by atoms with Crippen LogP contribution >= 0.6 is 0 Å². The van der Waals surface area contributed by atoms with E-state index in [0.717, 1.165) is 27.7 Å². The Kier molecular flexibility index (Phi) is 207. The molecule has 0 amide bonds. The molecule has 0 rings (SSSR count). The van der Waals surface area contributed by atoms with Gasteiger partial charge in [0.05, 0.1) is 0 Å². The Morgan fingerprint density at radius 2 is 0.615 bits per heavy atom. The minimum atomic E-state index is -0.833. The maximum atomic E-state index is 9.00. The van der Waals surface area contributed by atoms with Crippen molar-refractivity contribution in [2.75, 3.05) is 13.1 Å². The zero-order valence-electron chi connectivity index (χ0n) is 18.0. The number of hydrogen-bond donors (Lipinski definition) is 6. The van der Waals surface area contributed by atoms with E-state index in [0.29, 0.717) is 13.1 Å². The van der Waals surface area contributed by atoms with E-state index < -0.39 is 23.9 Å². The molecule has 158 valence electrons. The zero-order valence-corrected chi connectivity index (χ0v) is 20.0. The van der Waals surface area contributed by atoms with E-state index in [1.165, 1.54) is 0 Å². The number of hydrogen-bond acceptors (Lipinski definition) is 6. The van der Waals surface area contributed by atoms with Gasteiger partial charge in [0.25, 0.3) is 23.9 Å². The van der Waals surface area contributed by atoms with Gasteiger partial charge in [-0.1, -0.05) is 0 Å². The molecule has 0 aliphatic rings. The first kappa shape index (κ1) is 72.6. The summed E-state index contributed by atoms with van der Waals surface area (Å²) in [6.07, 6.45) is 0. The summed E-state index contributed by atoms with van der Waals surface area (Å²) in [5, 5.41) is 29.7. The normalized spacial score (nSPS) is 5.00. The van der Waals surface area contributed by atoms with Gasteiger partial charge in [-0.05, 0) is 0 Å². The van der Waals surface area contributed by atoms with E-state index in [4.69, 9.17) is 51.1 Å². The molecule has 0 aliphatic carbocycles. The van der Waals surface area contributed by atoms with Crippen LogP contribution in [-0.2, 0) is 19.2 Å². The molecule has 14 nitrogen and oxygen atoms in total. The summed E-state index contributed by atoms with van der Waals surface area (Å²) in [4.78, 5) is 36.0. The first-order valence-electron chi connectivity index (χ1n) is 5.03. The average Bonchev–Trinajstić information content (AvgIpc) is 2.13. The molecule has 0 aromatic rings. The van der Waals surface area contributed by atoms with Gasteiger partial charge in [0.15, 0.2) is 0 Å². The molecule has 0 radical (unpaired) electrons. The van der Waals surface area contributed by atoms with Crippen LogP contribution in [0.5, 0.6) is 0 Å². The molecule has 0 aromatic carbocycles. The second kappa shape index (κ2) is 74.0. The van der Waals surface area contributed by atoms with Gasteiger partial charge in [0.2, 0.25) is 0 Å². The maximum absolute atomic E-state index is 9.00. The van der Waals surface area contributed by atoms with Crippen LogP contribution in [0.15, 0.2) is 0 Å². The Morgan fingerprint density at radius 1 is 0.577 bits per heavy atom. The summed E-state index contributed by atoms with van der Waals surface area (Å²) in [5.41, 5.74) is 9.81. The maximum Gasteiger partial charge on any atom is 1.00 e. The predicted molar refractivity (Wildman–Crippen MR) is 88.0 cm³/mol. The molecular formula is C10H34N2Na2O12. The third-order valence-electron chi connectivity index (χ3n) is 0.167. The van der Waals surface area contributed by atoms with Crippen molar-refractivity contribution in [3.05, 3.63) is 0 Å². The Hall–Kier alpha value is -0.360. The van der Waals surface area contributed by atoms with Gasteiger partial charge in [-0.2, -0.15) is 0 Å². The molecule has 0 heterocycles. The quantitative estimate of drug-likeness (QED) is 0.217. The second-order valence-electron chi connectivity index (χ2n) is 2.65. The molecule has 0 saturated carbocycles. The summed E-state index contributed by atoms with van der Waals surface area (Å²) in [6.45, 7) is 5.53. The fourth-order valence-electron chi connectivity index (χ4n) is 0. The van der Waals surface area contributed by atoms with E-state index >= 15 is 0 Å². The summed E-state index contributed by atoms with van der Waals surface area (Å²) in [7, 11) is 0. The predicted octanol–water partition coefficient (Wildman–Crippen LogP) is -9.80. The van der Waals surface area contributed by atoms with Crippen LogP contribution in [0.4, 0.5) is 0 Å². The van der Waals surface area contributed by atoms with Crippen molar-refractivity contribution in [3.63, 3.8) is 0 Å². The van der Waals surface area contributed by atoms with E-state index in [2.05, 4.69) is 0 Å². The van der Waals surface area contributed by atoms with Crippen molar-refractivity contribution < 1.29 is 123 Å². The van der Waals surface area contributed by atoms with Crippen molar-refractivity contribution in [2.45, 2.75) is 27.7 Å². The van der Waals surface area contributed by atoms with Gasteiger partial charge in [0, 0.05) is 40.8 Å². The standard InChI is InChI=1S/C2H8N2.4C2H4O2.2Na.4H2O.2H/c3-1-2-4;4*1-2(3)4;;;;;;;;/h1-4H2;4*1H3,(H,3,4);;;4*1H2;;/q;;;;;2*+1;;;;;2*-1. The van der Waals surface area contributed by atoms with Gasteiger partial charge in [-0.15, -0.1) is 0 Å². The molecule has 0 unspecified atom stereocenters. The molecule has 26 heavy (non-hydrogen) atoms. The largest absolute Gasteiger partial charge is 1.00 e. The van der Waals surface area contributed by atoms with E-state index in [-0.39, 0.29) is 83.9 Å². The van der Waals surface area contributed by atoms with Crippen LogP contribution in [-0.4, -0.2) is 79.3 Å². The number of aliphatic carboxylic acids is 4. The van der Waals surface area contributed by atoms with Crippen molar-refractivity contribution in [2.24, 2.45) is 11.5 Å². The number of nitrogens with two attached hydrogens (primary N) is 2. The average molecular weight is 420 g/mol. The summed E-state index contributed by atoms with van der Waals surface area (Å²) in [5.74, 6) is -3.33. The van der Waals surface area contributed by atoms with Gasteiger partial charge in [-0.3, -0.25) is 19.2 Å².